The van der Waals surface area contributed by atoms with Gasteiger partial charge in [-0.3, -0.25) is 0 Å². The van der Waals surface area contributed by atoms with Crippen molar-refractivity contribution in [3.05, 3.63) is 0 Å². The Labute approximate surface area is 78.5 Å². The first kappa shape index (κ1) is 12.3. The average molecular weight is 225 g/mol. The Hall–Kier alpha value is 0.330. The molecule has 1 N–H and O–H groups in total. The van der Waals surface area contributed by atoms with Crippen LogP contribution in [0.5, 0.6) is 0 Å². The highest BCUT2D eigenvalue weighted by atomic mass is 35.5. The van der Waals surface area contributed by atoms with Crippen molar-refractivity contribution in [1.29, 1.82) is 0 Å². The van der Waals surface area contributed by atoms with E-state index in [0.29, 0.717) is 0 Å². The first-order valence-corrected chi connectivity index (χ1v) is 3.95. The predicted octanol–water partition coefficient (Wildman–Crippen LogP) is 2.53. The zero-order chi connectivity index (χ0) is 10.2. The molecule has 0 fully saturated rings. The summed E-state index contributed by atoms with van der Waals surface area (Å²) in [6.07, 6.45) is -2.78. The molecule has 2 atom stereocenters. The number of aliphatic hydroxyl groups is 1. The maximum absolute atomic E-state index is 12.6. The van der Waals surface area contributed by atoms with Gasteiger partial charge in [-0.05, 0) is 25.4 Å². The first-order valence-electron chi connectivity index (χ1n) is 3.14. The van der Waals surface area contributed by atoms with Crippen molar-refractivity contribution < 1.29 is 18.3 Å². The van der Waals surface area contributed by atoms with Crippen LogP contribution in [0.2, 0.25) is 0 Å². The summed E-state index contributed by atoms with van der Waals surface area (Å²) in [6, 6.07) is 0. The molecule has 0 heterocycles. The number of hydrogen-bond donors (Lipinski definition) is 1. The van der Waals surface area contributed by atoms with Gasteiger partial charge in [0.15, 0.2) is 6.17 Å². The molecular formula is C6H9Cl2F3O. The van der Waals surface area contributed by atoms with Crippen molar-refractivity contribution in [2.24, 2.45) is 0 Å². The minimum Gasteiger partial charge on any atom is -0.389 e. The molecule has 74 valence electrons. The Kier molecular flexibility index (Phi) is 3.70. The lowest BCUT2D eigenvalue weighted by Gasteiger charge is -2.28. The molecule has 0 aliphatic rings. The van der Waals surface area contributed by atoms with E-state index < -0.39 is 22.5 Å². The lowest BCUT2D eigenvalue weighted by molar-refractivity contribution is -0.0368. The van der Waals surface area contributed by atoms with E-state index in [1.54, 1.807) is 0 Å². The second-order valence-corrected chi connectivity index (χ2v) is 3.97. The van der Waals surface area contributed by atoms with Crippen LogP contribution in [0.3, 0.4) is 0 Å². The van der Waals surface area contributed by atoms with Crippen molar-refractivity contribution in [3.63, 3.8) is 0 Å². The van der Waals surface area contributed by atoms with Crippen molar-refractivity contribution >= 4 is 23.2 Å². The second kappa shape index (κ2) is 3.60. The van der Waals surface area contributed by atoms with E-state index in [4.69, 9.17) is 16.7 Å². The maximum Gasteiger partial charge on any atom is 0.353 e. The van der Waals surface area contributed by atoms with Crippen molar-refractivity contribution in [2.45, 2.75) is 36.4 Å². The van der Waals surface area contributed by atoms with Gasteiger partial charge < -0.3 is 5.11 Å². The molecule has 12 heavy (non-hydrogen) atoms. The maximum atomic E-state index is 12.6. The lowest BCUT2D eigenvalue weighted by atomic mass is 10.0. The van der Waals surface area contributed by atoms with E-state index in [1.807, 2.05) is 0 Å². The van der Waals surface area contributed by atoms with E-state index in [2.05, 4.69) is 11.6 Å². The Morgan fingerprint density at radius 1 is 1.33 bits per heavy atom. The topological polar surface area (TPSA) is 20.2 Å². The van der Waals surface area contributed by atoms with Gasteiger partial charge in [-0.25, -0.2) is 4.39 Å². The fourth-order valence-electron chi connectivity index (χ4n) is 0.524. The van der Waals surface area contributed by atoms with Gasteiger partial charge >= 0.3 is 5.38 Å². The Morgan fingerprint density at radius 3 is 1.75 bits per heavy atom. The highest BCUT2D eigenvalue weighted by molar-refractivity contribution is 6.25. The minimum atomic E-state index is -4.05. The van der Waals surface area contributed by atoms with Crippen LogP contribution < -0.4 is 0 Å². The summed E-state index contributed by atoms with van der Waals surface area (Å²) in [5, 5.41) is 3.26. The quantitative estimate of drug-likeness (QED) is 0.731. The molecule has 0 aliphatic carbocycles. The van der Waals surface area contributed by atoms with E-state index in [-0.39, 0.29) is 0 Å². The number of alkyl halides is 5. The summed E-state index contributed by atoms with van der Waals surface area (Å²) < 4.78 is 36.8. The van der Waals surface area contributed by atoms with Crippen LogP contribution in [0.15, 0.2) is 0 Å². The number of rotatable bonds is 3. The molecule has 0 aromatic heterocycles. The zero-order valence-electron chi connectivity index (χ0n) is 6.49. The normalized spacial score (nSPS) is 19.0. The van der Waals surface area contributed by atoms with Gasteiger partial charge in [0.1, 0.15) is 5.38 Å². The van der Waals surface area contributed by atoms with Gasteiger partial charge in [0.05, 0.1) is 5.60 Å². The smallest absolute Gasteiger partial charge is 0.353 e. The van der Waals surface area contributed by atoms with Crippen LogP contribution in [0.4, 0.5) is 13.2 Å². The van der Waals surface area contributed by atoms with Crippen molar-refractivity contribution in [2.75, 3.05) is 0 Å². The summed E-state index contributed by atoms with van der Waals surface area (Å²) in [6.45, 7) is 2.25. The largest absolute Gasteiger partial charge is 0.389 e. The molecular weight excluding hydrogens is 216 g/mol. The van der Waals surface area contributed by atoms with Crippen LogP contribution in [-0.4, -0.2) is 27.6 Å². The highest BCUT2D eigenvalue weighted by Gasteiger charge is 2.47. The molecule has 0 radical (unpaired) electrons. The third kappa shape index (κ3) is 3.37. The average Bonchev–Trinajstić information content (AvgIpc) is 1.80. The monoisotopic (exact) mass is 224 g/mol. The Balaban J connectivity index is 4.41. The van der Waals surface area contributed by atoms with Gasteiger partial charge in [0, 0.05) is 0 Å². The van der Waals surface area contributed by atoms with E-state index in [9.17, 15) is 13.2 Å². The number of halogens is 5. The highest BCUT2D eigenvalue weighted by Crippen LogP contribution is 2.34. The SMILES string of the molecule is CC(C)(O)C(Cl)C(F)C(F)(F)Cl. The van der Waals surface area contributed by atoms with Gasteiger partial charge in [-0.2, -0.15) is 8.78 Å². The van der Waals surface area contributed by atoms with Crippen LogP contribution in [0.25, 0.3) is 0 Å². The third-order valence-electron chi connectivity index (χ3n) is 1.24. The molecule has 1 nitrogen and oxygen atoms in total. The fourth-order valence-corrected chi connectivity index (χ4v) is 0.873. The molecule has 0 spiro atoms. The minimum absolute atomic E-state index is 1.12. The summed E-state index contributed by atoms with van der Waals surface area (Å²) >= 11 is 9.58. The summed E-state index contributed by atoms with van der Waals surface area (Å²) in [5.41, 5.74) is -1.74. The molecule has 0 aromatic carbocycles. The van der Waals surface area contributed by atoms with E-state index in [1.165, 1.54) is 0 Å². The third-order valence-corrected chi connectivity index (χ3v) is 2.21. The van der Waals surface area contributed by atoms with Crippen molar-refractivity contribution in [1.82, 2.24) is 0 Å². The summed E-state index contributed by atoms with van der Waals surface area (Å²) in [4.78, 5) is 0. The van der Waals surface area contributed by atoms with Crippen LogP contribution in [-0.2, 0) is 0 Å². The second-order valence-electron chi connectivity index (χ2n) is 3.00. The number of hydrogen-bond acceptors (Lipinski definition) is 1. The van der Waals surface area contributed by atoms with Gasteiger partial charge in [0.25, 0.3) is 0 Å². The van der Waals surface area contributed by atoms with E-state index in [0.717, 1.165) is 13.8 Å². The van der Waals surface area contributed by atoms with E-state index >= 15 is 0 Å². The summed E-state index contributed by atoms with van der Waals surface area (Å²) in [5.74, 6) is 0. The zero-order valence-corrected chi connectivity index (χ0v) is 8.00. The van der Waals surface area contributed by atoms with Gasteiger partial charge in [-0.1, -0.05) is 0 Å². The predicted molar refractivity (Wildman–Crippen MR) is 41.6 cm³/mol. The molecule has 0 bridgehead atoms. The molecule has 0 rings (SSSR count). The molecule has 0 amide bonds. The lowest BCUT2D eigenvalue weighted by Crippen LogP contribution is -2.45. The Morgan fingerprint density at radius 2 is 1.67 bits per heavy atom. The first-order chi connectivity index (χ1) is 5.07. The standard InChI is InChI=1S/C6H9Cl2F3O/c1-5(2,12)3(7)4(9)6(8,10)11/h3-4,12H,1-2H3. The molecule has 2 unspecified atom stereocenters. The molecule has 6 heteroatoms. The fraction of sp³-hybridized carbons (Fsp3) is 1.00. The molecule has 0 saturated carbocycles. The van der Waals surface area contributed by atoms with Gasteiger partial charge in [0.2, 0.25) is 0 Å². The van der Waals surface area contributed by atoms with Gasteiger partial charge in [-0.15, -0.1) is 11.6 Å². The van der Waals surface area contributed by atoms with Crippen LogP contribution in [0.1, 0.15) is 13.8 Å². The summed E-state index contributed by atoms with van der Waals surface area (Å²) in [7, 11) is 0. The Bertz CT molecular complexity index is 134. The van der Waals surface area contributed by atoms with Crippen LogP contribution >= 0.6 is 23.2 Å². The van der Waals surface area contributed by atoms with Crippen LogP contribution in [0, 0.1) is 0 Å². The van der Waals surface area contributed by atoms with Crippen molar-refractivity contribution in [3.8, 4) is 0 Å². The molecule has 0 aliphatic heterocycles. The molecule has 0 saturated heterocycles. The molecule has 0 aromatic rings.